The van der Waals surface area contributed by atoms with Gasteiger partial charge in [0.2, 0.25) is 0 Å². The highest BCUT2D eigenvalue weighted by Crippen LogP contribution is 2.29. The fourth-order valence-corrected chi connectivity index (χ4v) is 3.82. The van der Waals surface area contributed by atoms with Crippen LogP contribution in [0.15, 0.2) is 61.1 Å². The summed E-state index contributed by atoms with van der Waals surface area (Å²) < 4.78 is 27.0. The summed E-state index contributed by atoms with van der Waals surface area (Å²) >= 11 is 0. The van der Waals surface area contributed by atoms with Crippen molar-refractivity contribution in [3.63, 3.8) is 0 Å². The monoisotopic (exact) mass is 409 g/mol. The second-order valence-corrected chi connectivity index (χ2v) is 7.60. The molecule has 30 heavy (non-hydrogen) atoms. The van der Waals surface area contributed by atoms with Crippen LogP contribution in [0.4, 0.5) is 8.78 Å². The van der Waals surface area contributed by atoms with Crippen molar-refractivity contribution >= 4 is 5.91 Å². The largest absolute Gasteiger partial charge is 0.389 e. The Morgan fingerprint density at radius 1 is 1.03 bits per heavy atom. The number of aromatic nitrogens is 2. The number of nitrogens with zero attached hydrogens (tertiary/aromatic N) is 3. The lowest BCUT2D eigenvalue weighted by atomic mass is 9.85. The summed E-state index contributed by atoms with van der Waals surface area (Å²) in [6.45, 7) is 0.687. The van der Waals surface area contributed by atoms with Gasteiger partial charge in [-0.15, -0.1) is 0 Å². The SMILES string of the molecule is O=C(c1cc(F)ccc1-c1ccncn1)N1CCC(O)(Cc2ccc(F)cc2)CC1. The number of amides is 1. The molecule has 0 aliphatic carbocycles. The van der Waals surface area contributed by atoms with Crippen LogP contribution in [-0.2, 0) is 6.42 Å². The molecule has 2 aromatic carbocycles. The first-order chi connectivity index (χ1) is 14.4. The number of rotatable bonds is 4. The summed E-state index contributed by atoms with van der Waals surface area (Å²) in [6.07, 6.45) is 4.10. The van der Waals surface area contributed by atoms with Crippen molar-refractivity contribution in [2.24, 2.45) is 0 Å². The Bertz CT molecular complexity index is 1030. The van der Waals surface area contributed by atoms with E-state index in [4.69, 9.17) is 0 Å². The Hall–Kier alpha value is -3.19. The van der Waals surface area contributed by atoms with Gasteiger partial charge in [0.05, 0.1) is 16.9 Å². The highest BCUT2D eigenvalue weighted by Gasteiger charge is 2.35. The Labute approximate surface area is 173 Å². The number of benzene rings is 2. The van der Waals surface area contributed by atoms with Crippen LogP contribution >= 0.6 is 0 Å². The number of halogens is 2. The van der Waals surface area contributed by atoms with Gasteiger partial charge in [-0.2, -0.15) is 0 Å². The van der Waals surface area contributed by atoms with Gasteiger partial charge < -0.3 is 10.0 Å². The van der Waals surface area contributed by atoms with Crippen LogP contribution in [0.25, 0.3) is 11.3 Å². The van der Waals surface area contributed by atoms with Gasteiger partial charge in [-0.1, -0.05) is 12.1 Å². The number of piperidine rings is 1. The van der Waals surface area contributed by atoms with Gasteiger partial charge in [0.25, 0.3) is 5.91 Å². The lowest BCUT2D eigenvalue weighted by Crippen LogP contribution is -2.47. The zero-order valence-corrected chi connectivity index (χ0v) is 16.3. The number of aliphatic hydroxyl groups is 1. The second kappa shape index (κ2) is 8.28. The predicted octanol–water partition coefficient (Wildman–Crippen LogP) is 3.63. The standard InChI is InChI=1S/C23H21F2N3O2/c24-17-3-1-16(2-4-17)14-23(30)8-11-28(12-9-23)22(29)20-13-18(25)5-6-19(20)21-7-10-26-15-27-21/h1-7,10,13,15,30H,8-9,11-12,14H2. The Balaban J connectivity index is 1.50. The first-order valence-electron chi connectivity index (χ1n) is 9.76. The lowest BCUT2D eigenvalue weighted by molar-refractivity contribution is -0.0162. The maximum Gasteiger partial charge on any atom is 0.254 e. The first kappa shape index (κ1) is 20.1. The Morgan fingerprint density at radius 2 is 1.73 bits per heavy atom. The average molecular weight is 409 g/mol. The van der Waals surface area contributed by atoms with Crippen molar-refractivity contribution in [3.05, 3.63) is 83.8 Å². The van der Waals surface area contributed by atoms with Crippen molar-refractivity contribution in [2.45, 2.75) is 24.9 Å². The molecule has 1 aromatic heterocycles. The molecule has 1 saturated heterocycles. The summed E-state index contributed by atoms with van der Waals surface area (Å²) in [4.78, 5) is 22.8. The van der Waals surface area contributed by atoms with Crippen LogP contribution in [-0.4, -0.2) is 44.6 Å². The molecule has 7 heteroatoms. The molecule has 0 atom stereocenters. The van der Waals surface area contributed by atoms with Crippen molar-refractivity contribution in [2.75, 3.05) is 13.1 Å². The van der Waals surface area contributed by atoms with E-state index in [1.807, 2.05) is 0 Å². The topological polar surface area (TPSA) is 66.3 Å². The Morgan fingerprint density at radius 3 is 2.40 bits per heavy atom. The molecule has 0 radical (unpaired) electrons. The molecule has 0 bridgehead atoms. The number of hydrogen-bond acceptors (Lipinski definition) is 4. The van der Waals surface area contributed by atoms with Gasteiger partial charge >= 0.3 is 0 Å². The maximum atomic E-state index is 13.9. The van der Waals surface area contributed by atoms with E-state index in [0.717, 1.165) is 5.56 Å². The van der Waals surface area contributed by atoms with Gasteiger partial charge in [-0.25, -0.2) is 18.7 Å². The minimum absolute atomic E-state index is 0.234. The van der Waals surface area contributed by atoms with Crippen LogP contribution in [0.3, 0.4) is 0 Å². The minimum Gasteiger partial charge on any atom is -0.389 e. The number of carbonyl (C=O) groups excluding carboxylic acids is 1. The van der Waals surface area contributed by atoms with Crippen LogP contribution in [0.2, 0.25) is 0 Å². The van der Waals surface area contributed by atoms with Crippen molar-refractivity contribution in [1.82, 2.24) is 14.9 Å². The van der Waals surface area contributed by atoms with Crippen LogP contribution in [0.5, 0.6) is 0 Å². The van der Waals surface area contributed by atoms with Gasteiger partial charge in [0.1, 0.15) is 18.0 Å². The molecule has 1 fully saturated rings. The number of likely N-dealkylation sites (tertiary alicyclic amines) is 1. The summed E-state index contributed by atoms with van der Waals surface area (Å²) in [7, 11) is 0. The van der Waals surface area contributed by atoms with Gasteiger partial charge in [-0.3, -0.25) is 4.79 Å². The second-order valence-electron chi connectivity index (χ2n) is 7.60. The fourth-order valence-electron chi connectivity index (χ4n) is 3.82. The molecule has 0 unspecified atom stereocenters. The summed E-state index contributed by atoms with van der Waals surface area (Å²) in [5.74, 6) is -1.12. The molecule has 4 rings (SSSR count). The van der Waals surface area contributed by atoms with Crippen LogP contribution in [0, 0.1) is 11.6 Å². The molecule has 0 saturated carbocycles. The van der Waals surface area contributed by atoms with Crippen LogP contribution < -0.4 is 0 Å². The van der Waals surface area contributed by atoms with E-state index in [9.17, 15) is 18.7 Å². The van der Waals surface area contributed by atoms with E-state index in [2.05, 4.69) is 9.97 Å². The fraction of sp³-hybridized carbons (Fsp3) is 0.261. The third-order valence-electron chi connectivity index (χ3n) is 5.50. The van der Waals surface area contributed by atoms with Gasteiger partial charge in [0.15, 0.2) is 0 Å². The third kappa shape index (κ3) is 4.36. The molecule has 2 heterocycles. The smallest absolute Gasteiger partial charge is 0.254 e. The zero-order valence-electron chi connectivity index (χ0n) is 16.3. The number of hydrogen-bond donors (Lipinski definition) is 1. The molecule has 154 valence electrons. The maximum absolute atomic E-state index is 13.9. The first-order valence-corrected chi connectivity index (χ1v) is 9.76. The lowest BCUT2D eigenvalue weighted by Gasteiger charge is -2.38. The molecule has 1 amide bonds. The van der Waals surface area contributed by atoms with Crippen molar-refractivity contribution < 1.29 is 18.7 Å². The van der Waals surface area contributed by atoms with Crippen molar-refractivity contribution in [1.29, 1.82) is 0 Å². The van der Waals surface area contributed by atoms with Gasteiger partial charge in [-0.05, 0) is 54.8 Å². The molecular weight excluding hydrogens is 388 g/mol. The van der Waals surface area contributed by atoms with E-state index < -0.39 is 11.4 Å². The highest BCUT2D eigenvalue weighted by atomic mass is 19.1. The van der Waals surface area contributed by atoms with E-state index in [1.165, 1.54) is 30.6 Å². The quantitative estimate of drug-likeness (QED) is 0.715. The third-order valence-corrected chi connectivity index (χ3v) is 5.50. The summed E-state index contributed by atoms with van der Waals surface area (Å²) in [5.41, 5.74) is 1.19. The molecule has 3 aromatic rings. The molecule has 1 aliphatic heterocycles. The molecule has 1 N–H and O–H groups in total. The number of carbonyl (C=O) groups is 1. The normalized spacial score (nSPS) is 15.8. The predicted molar refractivity (Wildman–Crippen MR) is 108 cm³/mol. The van der Waals surface area contributed by atoms with E-state index in [0.29, 0.717) is 43.6 Å². The van der Waals surface area contributed by atoms with Crippen molar-refractivity contribution in [3.8, 4) is 11.3 Å². The van der Waals surface area contributed by atoms with E-state index in [1.54, 1.807) is 35.4 Å². The average Bonchev–Trinajstić information content (AvgIpc) is 2.76. The molecule has 1 aliphatic rings. The molecular formula is C23H21F2N3O2. The summed E-state index contributed by atoms with van der Waals surface area (Å²) in [6, 6.07) is 11.8. The highest BCUT2D eigenvalue weighted by molar-refractivity contribution is 6.00. The molecule has 5 nitrogen and oxygen atoms in total. The van der Waals surface area contributed by atoms with E-state index in [-0.39, 0.29) is 17.3 Å². The van der Waals surface area contributed by atoms with E-state index >= 15 is 0 Å². The minimum atomic E-state index is -0.966. The molecule has 0 spiro atoms. The Kier molecular flexibility index (Phi) is 5.55. The summed E-state index contributed by atoms with van der Waals surface area (Å²) in [5, 5.41) is 10.9. The van der Waals surface area contributed by atoms with Crippen LogP contribution in [0.1, 0.15) is 28.8 Å². The van der Waals surface area contributed by atoms with Gasteiger partial charge in [0, 0.05) is 31.3 Å². The zero-order chi connectivity index (χ0) is 21.1.